The molecular formula is C20H30N14O2. The summed E-state index contributed by atoms with van der Waals surface area (Å²) in [4.78, 5) is 24.9. The molecule has 0 aromatic carbocycles. The van der Waals surface area contributed by atoms with Crippen molar-refractivity contribution in [2.45, 2.75) is 37.1 Å². The molecule has 16 heteroatoms. The summed E-state index contributed by atoms with van der Waals surface area (Å²) in [5.41, 5.74) is 45.6. The van der Waals surface area contributed by atoms with Crippen LogP contribution in [0, 0.1) is 0 Å². The van der Waals surface area contributed by atoms with Crippen molar-refractivity contribution in [3.05, 3.63) is 36.9 Å². The van der Waals surface area contributed by atoms with Crippen molar-refractivity contribution in [1.29, 1.82) is 0 Å². The molecule has 192 valence electrons. The van der Waals surface area contributed by atoms with Gasteiger partial charge in [-0.25, -0.2) is 20.0 Å². The lowest BCUT2D eigenvalue weighted by Gasteiger charge is -2.38. The molecule has 4 atom stereocenters. The van der Waals surface area contributed by atoms with E-state index in [1.807, 2.05) is 0 Å². The summed E-state index contributed by atoms with van der Waals surface area (Å²) in [6.07, 6.45) is 5.36. The van der Waals surface area contributed by atoms with Gasteiger partial charge in [0.05, 0.1) is 24.5 Å². The third-order valence-corrected chi connectivity index (χ3v) is 5.01. The van der Waals surface area contributed by atoms with Crippen LogP contribution in [0.2, 0.25) is 0 Å². The maximum absolute atomic E-state index is 6.27. The number of pyridine rings is 2. The topological polar surface area (TPSA) is 302 Å². The monoisotopic (exact) mass is 498 g/mol. The second-order valence-electron chi connectivity index (χ2n) is 7.79. The molecule has 0 amide bonds. The van der Waals surface area contributed by atoms with Gasteiger partial charge in [-0.15, -0.1) is 0 Å². The molecule has 0 aliphatic heterocycles. The summed E-state index contributed by atoms with van der Waals surface area (Å²) in [6, 6.07) is 2.17. The van der Waals surface area contributed by atoms with Crippen molar-refractivity contribution in [3.8, 4) is 11.5 Å². The van der Waals surface area contributed by atoms with E-state index >= 15 is 0 Å². The Balaban J connectivity index is 1.99. The number of rotatable bonds is 8. The number of nitrogens with two attached hydrogens (primary N) is 8. The molecule has 1 fully saturated rings. The highest BCUT2D eigenvalue weighted by Gasteiger charge is 2.41. The van der Waals surface area contributed by atoms with Crippen LogP contribution in [0.4, 0.5) is 11.4 Å². The van der Waals surface area contributed by atoms with Gasteiger partial charge in [-0.2, -0.15) is 0 Å². The quantitative estimate of drug-likeness (QED) is 0.139. The Hall–Kier alpha value is -5.02. The Bertz CT molecular complexity index is 1080. The van der Waals surface area contributed by atoms with E-state index in [1.54, 1.807) is 12.1 Å². The van der Waals surface area contributed by atoms with E-state index in [0.29, 0.717) is 22.9 Å². The highest BCUT2D eigenvalue weighted by atomic mass is 16.5. The van der Waals surface area contributed by atoms with Gasteiger partial charge in [0.2, 0.25) is 0 Å². The summed E-state index contributed by atoms with van der Waals surface area (Å²) >= 11 is 0. The molecule has 2 heterocycles. The van der Waals surface area contributed by atoms with E-state index in [9.17, 15) is 0 Å². The lowest BCUT2D eigenvalue weighted by molar-refractivity contribution is 0.0422. The largest absolute Gasteiger partial charge is 0.486 e. The summed E-state index contributed by atoms with van der Waals surface area (Å²) in [5, 5.41) is 0. The standard InChI is InChI=1S/C20H30N14O2/c21-17(22)31-9-5-10(32-18(23)24)16(36-14-2-4-30-8-12(14)34-20(27)28)6-15(9)35-13-1-3-29-7-11(13)33-19(25)26/h1-4,7-10,15-16H,5-6H2,(H4,21,22,31)(H4,23,24,32)(H4,25,26,33)(H4,27,28,34)/t9-,10?,15-,16+/m0/s1. The molecule has 0 spiro atoms. The maximum Gasteiger partial charge on any atom is 0.191 e. The third kappa shape index (κ3) is 6.99. The highest BCUT2D eigenvalue weighted by Crippen LogP contribution is 2.36. The molecule has 1 aliphatic carbocycles. The predicted octanol–water partition coefficient (Wildman–Crippen LogP) is -2.44. The van der Waals surface area contributed by atoms with Gasteiger partial charge >= 0.3 is 0 Å². The van der Waals surface area contributed by atoms with Gasteiger partial charge < -0.3 is 55.3 Å². The molecule has 0 saturated heterocycles. The number of hydrogen-bond acceptors (Lipinski definition) is 8. The van der Waals surface area contributed by atoms with Crippen molar-refractivity contribution in [3.63, 3.8) is 0 Å². The lowest BCUT2D eigenvalue weighted by Crippen LogP contribution is -2.50. The fraction of sp³-hybridized carbons (Fsp3) is 0.300. The van der Waals surface area contributed by atoms with E-state index in [-0.39, 0.29) is 36.7 Å². The molecule has 2 aromatic heterocycles. The van der Waals surface area contributed by atoms with Crippen LogP contribution in [0.1, 0.15) is 12.8 Å². The first-order valence-electron chi connectivity index (χ1n) is 10.7. The summed E-state index contributed by atoms with van der Waals surface area (Å²) < 4.78 is 12.5. The second-order valence-corrected chi connectivity index (χ2v) is 7.79. The molecular weight excluding hydrogens is 468 g/mol. The molecule has 3 rings (SSSR count). The van der Waals surface area contributed by atoms with Crippen molar-refractivity contribution in [2.24, 2.45) is 65.8 Å². The van der Waals surface area contributed by atoms with E-state index in [0.717, 1.165) is 0 Å². The smallest absolute Gasteiger partial charge is 0.191 e. The number of ether oxygens (including phenoxy) is 2. The first-order chi connectivity index (χ1) is 17.1. The minimum Gasteiger partial charge on any atom is -0.486 e. The number of guanidine groups is 4. The van der Waals surface area contributed by atoms with Gasteiger partial charge in [-0.05, 0) is 6.42 Å². The number of aromatic nitrogens is 2. The van der Waals surface area contributed by atoms with Gasteiger partial charge in [-0.1, -0.05) is 0 Å². The molecule has 16 nitrogen and oxygen atoms in total. The zero-order valence-electron chi connectivity index (χ0n) is 19.3. The second kappa shape index (κ2) is 11.4. The number of hydrogen-bond donors (Lipinski definition) is 8. The molecule has 0 radical (unpaired) electrons. The third-order valence-electron chi connectivity index (χ3n) is 5.01. The maximum atomic E-state index is 6.27. The van der Waals surface area contributed by atoms with Gasteiger partial charge in [0, 0.05) is 30.9 Å². The van der Waals surface area contributed by atoms with Crippen LogP contribution in [0.25, 0.3) is 0 Å². The fourth-order valence-electron chi connectivity index (χ4n) is 3.72. The fourth-order valence-corrected chi connectivity index (χ4v) is 3.72. The van der Waals surface area contributed by atoms with Gasteiger partial charge in [-0.3, -0.25) is 9.97 Å². The Morgan fingerprint density at radius 2 is 1.06 bits per heavy atom. The molecule has 16 N–H and O–H groups in total. The lowest BCUT2D eigenvalue weighted by atomic mass is 9.86. The molecule has 1 saturated carbocycles. The van der Waals surface area contributed by atoms with E-state index in [1.165, 1.54) is 24.8 Å². The van der Waals surface area contributed by atoms with Crippen LogP contribution in [-0.2, 0) is 0 Å². The van der Waals surface area contributed by atoms with Gasteiger partial charge in [0.15, 0.2) is 23.8 Å². The first kappa shape index (κ1) is 25.6. The highest BCUT2D eigenvalue weighted by molar-refractivity contribution is 5.80. The Kier molecular flexibility index (Phi) is 8.11. The summed E-state index contributed by atoms with van der Waals surface area (Å²) in [6.45, 7) is 0. The minimum atomic E-state index is -0.591. The van der Waals surface area contributed by atoms with Crippen LogP contribution < -0.4 is 55.3 Å². The van der Waals surface area contributed by atoms with Crippen LogP contribution in [0.5, 0.6) is 11.5 Å². The van der Waals surface area contributed by atoms with Gasteiger partial charge in [0.1, 0.15) is 35.1 Å². The minimum absolute atomic E-state index is 0.125. The van der Waals surface area contributed by atoms with Crippen molar-refractivity contribution >= 4 is 35.2 Å². The zero-order chi connectivity index (χ0) is 26.2. The average molecular weight is 499 g/mol. The Labute approximate surface area is 206 Å². The van der Waals surface area contributed by atoms with E-state index in [2.05, 4.69) is 29.9 Å². The van der Waals surface area contributed by atoms with E-state index < -0.39 is 24.3 Å². The Morgan fingerprint density at radius 1 is 0.639 bits per heavy atom. The predicted molar refractivity (Wildman–Crippen MR) is 137 cm³/mol. The van der Waals surface area contributed by atoms with Gasteiger partial charge in [0.25, 0.3) is 0 Å². The number of nitrogens with zero attached hydrogens (tertiary/aromatic N) is 6. The summed E-state index contributed by atoms with van der Waals surface area (Å²) in [5.74, 6) is 0.165. The number of aliphatic imine (C=N–C) groups is 4. The molecule has 1 unspecified atom stereocenters. The zero-order valence-corrected chi connectivity index (χ0v) is 19.3. The van der Waals surface area contributed by atoms with Crippen molar-refractivity contribution in [1.82, 2.24) is 9.97 Å². The summed E-state index contributed by atoms with van der Waals surface area (Å²) in [7, 11) is 0. The SMILES string of the molecule is NC(N)=Nc1cnccc1O[C@H]1C[C@@H](Oc2ccncc2N=C(N)N)C(N=C(N)N)C[C@@H]1N=C(N)N. The molecule has 2 aromatic rings. The van der Waals surface area contributed by atoms with Crippen LogP contribution >= 0.6 is 0 Å². The average Bonchev–Trinajstić information content (AvgIpc) is 2.77. The Morgan fingerprint density at radius 3 is 1.42 bits per heavy atom. The molecule has 1 aliphatic rings. The van der Waals surface area contributed by atoms with Crippen LogP contribution in [-0.4, -0.2) is 58.1 Å². The normalized spacial score (nSPS) is 20.9. The van der Waals surface area contributed by atoms with Crippen molar-refractivity contribution < 1.29 is 9.47 Å². The first-order valence-corrected chi connectivity index (χ1v) is 10.7. The van der Waals surface area contributed by atoms with Crippen LogP contribution in [0.15, 0.2) is 56.9 Å². The van der Waals surface area contributed by atoms with E-state index in [4.69, 9.17) is 55.3 Å². The van der Waals surface area contributed by atoms with Crippen LogP contribution in [0.3, 0.4) is 0 Å². The van der Waals surface area contributed by atoms with Crippen molar-refractivity contribution in [2.75, 3.05) is 0 Å². The molecule has 36 heavy (non-hydrogen) atoms. The molecule has 0 bridgehead atoms.